The Bertz CT molecular complexity index is 863. The lowest BCUT2D eigenvalue weighted by molar-refractivity contribution is 0.688. The number of aromatic nitrogens is 5. The average Bonchev–Trinajstić information content (AvgIpc) is 2.94. The number of nitrogens with zero attached hydrogens (tertiary/aromatic N) is 5. The van der Waals surface area contributed by atoms with Crippen LogP contribution in [0.15, 0.2) is 35.5 Å². The molecule has 0 amide bonds. The molecular weight excluding hydrogens is 379 g/mol. The van der Waals surface area contributed by atoms with Crippen LogP contribution in [0, 0.1) is 6.92 Å². The molecule has 3 aromatic rings. The minimum atomic E-state index is 0.380. The van der Waals surface area contributed by atoms with Gasteiger partial charge in [0.15, 0.2) is 5.16 Å². The van der Waals surface area contributed by atoms with Gasteiger partial charge >= 0.3 is 0 Å². The van der Waals surface area contributed by atoms with E-state index >= 15 is 0 Å². The van der Waals surface area contributed by atoms with Crippen molar-refractivity contribution in [3.8, 4) is 0 Å². The van der Waals surface area contributed by atoms with Crippen molar-refractivity contribution in [3.63, 3.8) is 0 Å². The van der Waals surface area contributed by atoms with Crippen LogP contribution in [0.4, 0.5) is 11.8 Å². The lowest BCUT2D eigenvalue weighted by atomic mass is 10.2. The summed E-state index contributed by atoms with van der Waals surface area (Å²) in [5.74, 6) is 2.50. The molecule has 0 radical (unpaired) electrons. The molecule has 130 valence electrons. The van der Waals surface area contributed by atoms with E-state index in [0.717, 1.165) is 28.0 Å². The molecule has 1 N–H and O–H groups in total. The molecule has 3 rings (SSSR count). The van der Waals surface area contributed by atoms with Crippen LogP contribution in [0.2, 0.25) is 10.2 Å². The molecule has 0 saturated carbocycles. The Labute approximate surface area is 160 Å². The van der Waals surface area contributed by atoms with E-state index in [9.17, 15) is 0 Å². The van der Waals surface area contributed by atoms with Crippen LogP contribution in [0.25, 0.3) is 0 Å². The Morgan fingerprint density at radius 2 is 1.96 bits per heavy atom. The van der Waals surface area contributed by atoms with Crippen molar-refractivity contribution in [2.24, 2.45) is 0 Å². The van der Waals surface area contributed by atoms with Gasteiger partial charge in [-0.25, -0.2) is 9.97 Å². The normalized spacial score (nSPS) is 10.9. The van der Waals surface area contributed by atoms with E-state index in [1.54, 1.807) is 24.8 Å². The molecule has 0 atom stereocenters. The molecule has 0 spiro atoms. The van der Waals surface area contributed by atoms with E-state index < -0.39 is 0 Å². The highest BCUT2D eigenvalue weighted by Gasteiger charge is 2.13. The number of thioether (sulfide) groups is 1. The van der Waals surface area contributed by atoms with Crippen LogP contribution in [0.1, 0.15) is 18.3 Å². The molecule has 2 heterocycles. The minimum Gasteiger partial charge on any atom is -0.309 e. The smallest absolute Gasteiger partial charge is 0.230 e. The predicted octanol–water partition coefficient (Wildman–Crippen LogP) is 4.74. The van der Waals surface area contributed by atoms with Crippen molar-refractivity contribution >= 4 is 46.7 Å². The molecule has 0 bridgehead atoms. The summed E-state index contributed by atoms with van der Waals surface area (Å²) < 4.78 is 1.98. The number of aryl methyl sites for hydroxylation is 1. The number of hydrogen-bond acceptors (Lipinski definition) is 6. The summed E-state index contributed by atoms with van der Waals surface area (Å²) in [5, 5.41) is 13.6. The zero-order chi connectivity index (χ0) is 17.8. The summed E-state index contributed by atoms with van der Waals surface area (Å²) in [6.07, 6.45) is 0. The maximum absolute atomic E-state index is 6.21. The van der Waals surface area contributed by atoms with Gasteiger partial charge < -0.3 is 5.32 Å². The van der Waals surface area contributed by atoms with Gasteiger partial charge in [0, 0.05) is 23.4 Å². The van der Waals surface area contributed by atoms with Gasteiger partial charge in [0.1, 0.15) is 16.8 Å². The third-order valence-electron chi connectivity index (χ3n) is 3.39. The fourth-order valence-electron chi connectivity index (χ4n) is 2.24. The van der Waals surface area contributed by atoms with Gasteiger partial charge in [0.05, 0.1) is 0 Å². The van der Waals surface area contributed by atoms with Gasteiger partial charge in [-0.1, -0.05) is 53.2 Å². The van der Waals surface area contributed by atoms with Gasteiger partial charge in [0.25, 0.3) is 0 Å². The van der Waals surface area contributed by atoms with Crippen molar-refractivity contribution in [1.82, 2.24) is 24.7 Å². The highest BCUT2D eigenvalue weighted by molar-refractivity contribution is 7.98. The zero-order valence-corrected chi connectivity index (χ0v) is 16.0. The summed E-state index contributed by atoms with van der Waals surface area (Å²) in [6.45, 7) is 4.54. The molecule has 1 aromatic carbocycles. The second kappa shape index (κ2) is 8.03. The molecule has 2 aromatic heterocycles. The Hall–Kier alpha value is -1.83. The zero-order valence-electron chi connectivity index (χ0n) is 13.7. The fourth-order valence-corrected chi connectivity index (χ4v) is 3.75. The molecule has 25 heavy (non-hydrogen) atoms. The van der Waals surface area contributed by atoms with Gasteiger partial charge in [-0.3, -0.25) is 4.57 Å². The first-order valence-electron chi connectivity index (χ1n) is 7.64. The average molecular weight is 395 g/mol. The van der Waals surface area contributed by atoms with Gasteiger partial charge in [-0.05, 0) is 25.5 Å². The first-order valence-corrected chi connectivity index (χ1v) is 9.38. The monoisotopic (exact) mass is 394 g/mol. The van der Waals surface area contributed by atoms with Crippen molar-refractivity contribution in [2.75, 3.05) is 5.32 Å². The largest absolute Gasteiger partial charge is 0.309 e. The second-order valence-corrected chi connectivity index (χ2v) is 6.92. The molecule has 0 fully saturated rings. The minimum absolute atomic E-state index is 0.380. The lowest BCUT2D eigenvalue weighted by Crippen LogP contribution is -2.05. The molecule has 0 aliphatic carbocycles. The molecule has 6 nitrogen and oxygen atoms in total. The van der Waals surface area contributed by atoms with Crippen molar-refractivity contribution in [2.45, 2.75) is 31.3 Å². The Morgan fingerprint density at radius 1 is 1.16 bits per heavy atom. The first kappa shape index (κ1) is 18.0. The van der Waals surface area contributed by atoms with Gasteiger partial charge in [0.2, 0.25) is 5.95 Å². The van der Waals surface area contributed by atoms with Gasteiger partial charge in [-0.2, -0.15) is 0 Å². The quantitative estimate of drug-likeness (QED) is 0.480. The van der Waals surface area contributed by atoms with Gasteiger partial charge in [-0.15, -0.1) is 10.2 Å². The topological polar surface area (TPSA) is 68.5 Å². The summed E-state index contributed by atoms with van der Waals surface area (Å²) in [7, 11) is 0. The van der Waals surface area contributed by atoms with Crippen LogP contribution in [0.3, 0.4) is 0 Å². The first-order chi connectivity index (χ1) is 12.1. The van der Waals surface area contributed by atoms with E-state index in [4.69, 9.17) is 23.2 Å². The Morgan fingerprint density at radius 3 is 2.68 bits per heavy atom. The molecule has 9 heteroatoms. The molecular formula is C16H16Cl2N6S. The third kappa shape index (κ3) is 4.42. The highest BCUT2D eigenvalue weighted by atomic mass is 35.5. The van der Waals surface area contributed by atoms with Crippen molar-refractivity contribution in [1.29, 1.82) is 0 Å². The Kier molecular flexibility index (Phi) is 5.78. The number of benzene rings is 1. The van der Waals surface area contributed by atoms with Crippen LogP contribution < -0.4 is 5.32 Å². The van der Waals surface area contributed by atoms with Crippen LogP contribution in [-0.2, 0) is 12.3 Å². The highest BCUT2D eigenvalue weighted by Crippen LogP contribution is 2.27. The van der Waals surface area contributed by atoms with Crippen molar-refractivity contribution in [3.05, 3.63) is 51.9 Å². The van der Waals surface area contributed by atoms with Crippen molar-refractivity contribution < 1.29 is 0 Å². The summed E-state index contributed by atoms with van der Waals surface area (Å²) in [6, 6.07) is 9.44. The van der Waals surface area contributed by atoms with E-state index in [2.05, 4.69) is 25.5 Å². The van der Waals surface area contributed by atoms with Crippen LogP contribution in [-0.4, -0.2) is 24.7 Å². The number of hydrogen-bond donors (Lipinski definition) is 1. The number of rotatable bonds is 6. The van der Waals surface area contributed by atoms with Crippen LogP contribution >= 0.6 is 35.0 Å². The van der Waals surface area contributed by atoms with E-state index in [1.165, 1.54) is 0 Å². The van der Waals surface area contributed by atoms with E-state index in [-0.39, 0.29) is 0 Å². The van der Waals surface area contributed by atoms with E-state index in [0.29, 0.717) is 22.7 Å². The third-order valence-corrected chi connectivity index (χ3v) is 4.97. The summed E-state index contributed by atoms with van der Waals surface area (Å²) >= 11 is 13.8. The van der Waals surface area contributed by atoms with E-state index in [1.807, 2.05) is 35.8 Å². The molecule has 0 aliphatic heterocycles. The molecule has 0 aliphatic rings. The molecule has 0 saturated heterocycles. The number of anilines is 2. The number of halogens is 2. The summed E-state index contributed by atoms with van der Waals surface area (Å²) in [5.41, 5.74) is 1.06. The summed E-state index contributed by atoms with van der Waals surface area (Å²) in [4.78, 5) is 8.36. The maximum atomic E-state index is 6.21. The maximum Gasteiger partial charge on any atom is 0.230 e. The predicted molar refractivity (Wildman–Crippen MR) is 102 cm³/mol. The second-order valence-electron chi connectivity index (χ2n) is 5.18. The standard InChI is InChI=1S/C16H16Cl2N6S/c1-3-24-15(21-14-8-13(18)19-10(2)20-14)22-23-16(24)25-9-11-6-4-5-7-12(11)17/h4-8H,3,9H2,1-2H3,(H,19,20,21,22). The number of nitrogens with one attached hydrogen (secondary N) is 1. The Balaban J connectivity index is 1.77. The fraction of sp³-hybridized carbons (Fsp3) is 0.250. The molecule has 0 unspecified atom stereocenters. The SMILES string of the molecule is CCn1c(Nc2cc(Cl)nc(C)n2)nnc1SCc1ccccc1Cl. The van der Waals surface area contributed by atoms with Crippen LogP contribution in [0.5, 0.6) is 0 Å². The lowest BCUT2D eigenvalue weighted by Gasteiger charge is -2.09.